The third-order valence-corrected chi connectivity index (χ3v) is 6.24. The van der Waals surface area contributed by atoms with Crippen molar-refractivity contribution < 1.29 is 13.2 Å². The van der Waals surface area contributed by atoms with E-state index in [0.717, 1.165) is 5.56 Å². The highest BCUT2D eigenvalue weighted by Crippen LogP contribution is 2.22. The molecule has 0 aliphatic heterocycles. The van der Waals surface area contributed by atoms with Gasteiger partial charge < -0.3 is 5.32 Å². The van der Waals surface area contributed by atoms with Gasteiger partial charge in [-0.25, -0.2) is 17.8 Å². The molecule has 30 heavy (non-hydrogen) atoms. The van der Waals surface area contributed by atoms with Crippen molar-refractivity contribution >= 4 is 21.7 Å². The molecule has 3 aromatic rings. The average molecular weight is 427 g/mol. The van der Waals surface area contributed by atoms with E-state index in [-0.39, 0.29) is 16.2 Å². The number of anilines is 1. The Morgan fingerprint density at radius 2 is 1.63 bits per heavy atom. The second-order valence-corrected chi connectivity index (χ2v) is 9.89. The van der Waals surface area contributed by atoms with Crippen molar-refractivity contribution in [3.8, 4) is 0 Å². The molecule has 8 heteroatoms. The van der Waals surface area contributed by atoms with Crippen molar-refractivity contribution in [1.29, 1.82) is 0 Å². The summed E-state index contributed by atoms with van der Waals surface area (Å²) in [5.74, 6) is 0.222. The quantitative estimate of drug-likeness (QED) is 0.632. The maximum Gasteiger partial charge on any atom is 0.256 e. The number of aromatic nitrogens is 2. The number of amides is 1. The maximum atomic E-state index is 12.6. The fourth-order valence-electron chi connectivity index (χ4n) is 2.94. The van der Waals surface area contributed by atoms with Gasteiger partial charge in [0.2, 0.25) is 10.0 Å². The molecular formula is C22H26N4O3S. The Labute approximate surface area is 177 Å². The van der Waals surface area contributed by atoms with Gasteiger partial charge in [-0.15, -0.1) is 0 Å². The minimum absolute atomic E-state index is 0.0887. The molecule has 0 atom stereocenters. The molecule has 0 saturated heterocycles. The van der Waals surface area contributed by atoms with Crippen molar-refractivity contribution in [1.82, 2.24) is 14.5 Å². The van der Waals surface area contributed by atoms with Gasteiger partial charge in [-0.1, -0.05) is 45.0 Å². The molecule has 3 rings (SSSR count). The zero-order chi connectivity index (χ0) is 21.9. The van der Waals surface area contributed by atoms with Gasteiger partial charge in [-0.2, -0.15) is 5.10 Å². The lowest BCUT2D eigenvalue weighted by atomic mass is 9.87. The molecule has 0 unspecified atom stereocenters. The smallest absolute Gasteiger partial charge is 0.256 e. The predicted octanol–water partition coefficient (Wildman–Crippen LogP) is 3.39. The lowest BCUT2D eigenvalue weighted by Crippen LogP contribution is -2.19. The van der Waals surface area contributed by atoms with Crippen LogP contribution >= 0.6 is 0 Å². The first-order chi connectivity index (χ1) is 14.1. The van der Waals surface area contributed by atoms with Crippen LogP contribution in [-0.2, 0) is 22.0 Å². The van der Waals surface area contributed by atoms with Gasteiger partial charge in [-0.3, -0.25) is 4.79 Å². The van der Waals surface area contributed by atoms with E-state index in [2.05, 4.69) is 60.2 Å². The van der Waals surface area contributed by atoms with Gasteiger partial charge in [0, 0.05) is 11.6 Å². The second-order valence-electron chi connectivity index (χ2n) is 8.01. The van der Waals surface area contributed by atoms with Crippen molar-refractivity contribution in [2.75, 3.05) is 12.4 Å². The zero-order valence-electron chi connectivity index (χ0n) is 17.5. The van der Waals surface area contributed by atoms with Gasteiger partial charge in [-0.05, 0) is 47.9 Å². The number of sulfonamides is 1. The summed E-state index contributed by atoms with van der Waals surface area (Å²) in [6.45, 7) is 7.03. The number of benzene rings is 2. The molecule has 0 saturated carbocycles. The monoisotopic (exact) mass is 426 g/mol. The highest BCUT2D eigenvalue weighted by molar-refractivity contribution is 7.89. The van der Waals surface area contributed by atoms with Crippen LogP contribution in [0.4, 0.5) is 5.82 Å². The van der Waals surface area contributed by atoms with E-state index in [1.807, 2.05) is 0 Å². The van der Waals surface area contributed by atoms with Crippen molar-refractivity contribution in [2.45, 2.75) is 37.6 Å². The average Bonchev–Trinajstić information content (AvgIpc) is 3.14. The Morgan fingerprint density at radius 1 is 1.00 bits per heavy atom. The molecule has 1 heterocycles. The van der Waals surface area contributed by atoms with Gasteiger partial charge in [0.15, 0.2) is 0 Å². The Bertz CT molecular complexity index is 1130. The second kappa shape index (κ2) is 8.41. The van der Waals surface area contributed by atoms with Crippen molar-refractivity contribution in [3.05, 3.63) is 77.5 Å². The Morgan fingerprint density at radius 3 is 2.20 bits per heavy atom. The van der Waals surface area contributed by atoms with Crippen LogP contribution in [0.5, 0.6) is 0 Å². The molecule has 0 bridgehead atoms. The Kier molecular flexibility index (Phi) is 6.09. The molecule has 0 radical (unpaired) electrons. The molecule has 0 aliphatic carbocycles. The zero-order valence-corrected chi connectivity index (χ0v) is 18.3. The van der Waals surface area contributed by atoms with Gasteiger partial charge in [0.05, 0.1) is 17.6 Å². The summed E-state index contributed by atoms with van der Waals surface area (Å²) in [7, 11) is -2.20. The summed E-state index contributed by atoms with van der Waals surface area (Å²) in [6.07, 6.45) is 1.63. The van der Waals surface area contributed by atoms with Gasteiger partial charge in [0.25, 0.3) is 5.91 Å². The summed E-state index contributed by atoms with van der Waals surface area (Å²) >= 11 is 0. The van der Waals surface area contributed by atoms with Crippen LogP contribution in [0, 0.1) is 0 Å². The maximum absolute atomic E-state index is 12.6. The normalized spacial score (nSPS) is 12.0. The predicted molar refractivity (Wildman–Crippen MR) is 117 cm³/mol. The van der Waals surface area contributed by atoms with Gasteiger partial charge >= 0.3 is 0 Å². The highest BCUT2D eigenvalue weighted by Gasteiger charge is 2.15. The van der Waals surface area contributed by atoms with Crippen LogP contribution in [-0.4, -0.2) is 31.2 Å². The SMILES string of the molecule is CNS(=O)(=O)c1ccc(C(=O)Nc2ccnn2Cc2ccc(C(C)(C)C)cc2)cc1. The molecule has 0 fully saturated rings. The van der Waals surface area contributed by atoms with Crippen LogP contribution < -0.4 is 10.0 Å². The minimum Gasteiger partial charge on any atom is -0.307 e. The summed E-state index contributed by atoms with van der Waals surface area (Å²) in [4.78, 5) is 12.7. The fourth-order valence-corrected chi connectivity index (χ4v) is 3.67. The van der Waals surface area contributed by atoms with Gasteiger partial charge in [0.1, 0.15) is 5.82 Å². The third kappa shape index (κ3) is 4.95. The van der Waals surface area contributed by atoms with Crippen LogP contribution in [0.2, 0.25) is 0 Å². The highest BCUT2D eigenvalue weighted by atomic mass is 32.2. The molecule has 1 aromatic heterocycles. The summed E-state index contributed by atoms with van der Waals surface area (Å²) in [5, 5.41) is 7.13. The van der Waals surface area contributed by atoms with E-state index in [1.165, 1.54) is 36.9 Å². The topological polar surface area (TPSA) is 93.1 Å². The number of hydrogen-bond donors (Lipinski definition) is 2. The largest absolute Gasteiger partial charge is 0.307 e. The summed E-state index contributed by atoms with van der Waals surface area (Å²) in [5.41, 5.74) is 2.77. The Balaban J connectivity index is 1.72. The minimum atomic E-state index is -3.54. The Hall–Kier alpha value is -2.97. The molecule has 158 valence electrons. The number of nitrogens with one attached hydrogen (secondary N) is 2. The lowest BCUT2D eigenvalue weighted by molar-refractivity contribution is 0.102. The number of nitrogens with zero attached hydrogens (tertiary/aromatic N) is 2. The first-order valence-electron chi connectivity index (χ1n) is 9.56. The molecule has 0 spiro atoms. The number of carbonyl (C=O) groups excluding carboxylic acids is 1. The van der Waals surface area contributed by atoms with Crippen molar-refractivity contribution in [3.63, 3.8) is 0 Å². The first kappa shape index (κ1) is 21.7. The van der Waals surface area contributed by atoms with E-state index in [9.17, 15) is 13.2 Å². The van der Waals surface area contributed by atoms with Crippen LogP contribution in [0.15, 0.2) is 65.7 Å². The number of carbonyl (C=O) groups is 1. The van der Waals surface area contributed by atoms with E-state index >= 15 is 0 Å². The first-order valence-corrected chi connectivity index (χ1v) is 11.0. The number of hydrogen-bond acceptors (Lipinski definition) is 4. The lowest BCUT2D eigenvalue weighted by Gasteiger charge is -2.19. The molecule has 1 amide bonds. The van der Waals surface area contributed by atoms with E-state index in [1.54, 1.807) is 16.9 Å². The molecule has 2 aromatic carbocycles. The third-order valence-electron chi connectivity index (χ3n) is 4.81. The molecule has 7 nitrogen and oxygen atoms in total. The van der Waals surface area contributed by atoms with Crippen LogP contribution in [0.25, 0.3) is 0 Å². The molecule has 2 N–H and O–H groups in total. The number of rotatable bonds is 6. The molecular weight excluding hydrogens is 400 g/mol. The van der Waals surface area contributed by atoms with Crippen LogP contribution in [0.3, 0.4) is 0 Å². The van der Waals surface area contributed by atoms with E-state index < -0.39 is 10.0 Å². The summed E-state index contributed by atoms with van der Waals surface area (Å²) in [6, 6.07) is 15.8. The standard InChI is InChI=1S/C22H26N4O3S/c1-22(2,3)18-9-5-16(6-10-18)15-26-20(13-14-24-26)25-21(27)17-7-11-19(12-8-17)30(28,29)23-4/h5-14,23H,15H2,1-4H3,(H,25,27). The van der Waals surface area contributed by atoms with Crippen LogP contribution in [0.1, 0.15) is 42.3 Å². The van der Waals surface area contributed by atoms with E-state index in [0.29, 0.717) is 17.9 Å². The van der Waals surface area contributed by atoms with E-state index in [4.69, 9.17) is 0 Å². The fraction of sp³-hybridized carbons (Fsp3) is 0.273. The molecule has 0 aliphatic rings. The van der Waals surface area contributed by atoms with Crippen molar-refractivity contribution in [2.24, 2.45) is 0 Å². The summed E-state index contributed by atoms with van der Waals surface area (Å²) < 4.78 is 27.6.